The first-order valence-electron chi connectivity index (χ1n) is 7.12. The minimum Gasteiger partial charge on any atom is -0.316 e. The first-order valence-corrected chi connectivity index (χ1v) is 7.12. The minimum atomic E-state index is 0.515. The molecule has 4 bridgehead atoms. The van der Waals surface area contributed by atoms with Gasteiger partial charge in [-0.05, 0) is 67.7 Å². The molecule has 4 aliphatic rings. The van der Waals surface area contributed by atoms with E-state index >= 15 is 0 Å². The average molecular weight is 221 g/mol. The Morgan fingerprint density at radius 1 is 1.00 bits per heavy atom. The molecule has 4 aliphatic carbocycles. The zero-order chi connectivity index (χ0) is 11.6. The highest BCUT2D eigenvalue weighted by molar-refractivity contribution is 5.10. The van der Waals surface area contributed by atoms with E-state index in [-0.39, 0.29) is 0 Å². The second kappa shape index (κ2) is 3.25. The van der Waals surface area contributed by atoms with Gasteiger partial charge >= 0.3 is 0 Å². The lowest BCUT2D eigenvalue weighted by atomic mass is 9.42. The molecule has 0 aromatic carbocycles. The number of hydrogen-bond donors (Lipinski definition) is 1. The van der Waals surface area contributed by atoms with Gasteiger partial charge in [0.2, 0.25) is 0 Å². The van der Waals surface area contributed by atoms with E-state index in [1.54, 1.807) is 0 Å². The van der Waals surface area contributed by atoms with Crippen molar-refractivity contribution in [2.24, 2.45) is 28.6 Å². The lowest BCUT2D eigenvalue weighted by Crippen LogP contribution is -2.60. The van der Waals surface area contributed by atoms with Gasteiger partial charge in [0, 0.05) is 6.04 Å². The Morgan fingerprint density at radius 3 is 2.00 bits per heavy atom. The molecule has 0 radical (unpaired) electrons. The van der Waals surface area contributed by atoms with Gasteiger partial charge in [0.15, 0.2) is 0 Å². The van der Waals surface area contributed by atoms with E-state index in [4.69, 9.17) is 0 Å². The number of hydrogen-bond acceptors (Lipinski definition) is 1. The van der Waals surface area contributed by atoms with Crippen LogP contribution < -0.4 is 5.32 Å². The second-order valence-corrected chi connectivity index (χ2v) is 7.81. The summed E-state index contributed by atoms with van der Waals surface area (Å²) in [6, 6.07) is 0.840. The highest BCUT2D eigenvalue weighted by Gasteiger charge is 2.58. The summed E-state index contributed by atoms with van der Waals surface area (Å²) < 4.78 is 0. The van der Waals surface area contributed by atoms with Gasteiger partial charge in [-0.15, -0.1) is 0 Å². The molecule has 16 heavy (non-hydrogen) atoms. The third kappa shape index (κ3) is 1.33. The monoisotopic (exact) mass is 221 g/mol. The fourth-order valence-corrected chi connectivity index (χ4v) is 5.41. The summed E-state index contributed by atoms with van der Waals surface area (Å²) in [5.41, 5.74) is 1.19. The fourth-order valence-electron chi connectivity index (χ4n) is 5.41. The van der Waals surface area contributed by atoms with E-state index in [2.05, 4.69) is 33.1 Å². The van der Waals surface area contributed by atoms with E-state index in [0.717, 1.165) is 23.8 Å². The number of nitrogens with one attached hydrogen (secondary N) is 1. The van der Waals surface area contributed by atoms with Crippen LogP contribution in [0.25, 0.3) is 0 Å². The van der Waals surface area contributed by atoms with Crippen molar-refractivity contribution in [2.75, 3.05) is 7.05 Å². The quantitative estimate of drug-likeness (QED) is 0.715. The molecule has 0 saturated heterocycles. The van der Waals surface area contributed by atoms with Crippen molar-refractivity contribution in [2.45, 2.75) is 58.9 Å². The molecule has 0 aromatic rings. The Labute approximate surface area is 100 Å². The van der Waals surface area contributed by atoms with Gasteiger partial charge in [-0.3, -0.25) is 0 Å². The van der Waals surface area contributed by atoms with Crippen LogP contribution in [0.2, 0.25) is 0 Å². The predicted molar refractivity (Wildman–Crippen MR) is 68.3 cm³/mol. The lowest BCUT2D eigenvalue weighted by molar-refractivity contribution is -0.128. The lowest BCUT2D eigenvalue weighted by Gasteiger charge is -2.64. The van der Waals surface area contributed by atoms with Crippen molar-refractivity contribution >= 4 is 0 Å². The van der Waals surface area contributed by atoms with Crippen LogP contribution in [0.15, 0.2) is 0 Å². The summed E-state index contributed by atoms with van der Waals surface area (Å²) in [4.78, 5) is 0. The van der Waals surface area contributed by atoms with E-state index in [1.807, 2.05) is 0 Å². The third-order valence-electron chi connectivity index (χ3n) is 6.20. The SMILES string of the molecule is CNC1C2CC3CC1CC(C(C)(C)C)(C3)C2. The average Bonchev–Trinajstić information content (AvgIpc) is 2.14. The van der Waals surface area contributed by atoms with Crippen LogP contribution in [0.1, 0.15) is 52.9 Å². The van der Waals surface area contributed by atoms with Gasteiger partial charge in [0.25, 0.3) is 0 Å². The topological polar surface area (TPSA) is 12.0 Å². The molecule has 1 heteroatoms. The van der Waals surface area contributed by atoms with Gasteiger partial charge in [-0.1, -0.05) is 20.8 Å². The van der Waals surface area contributed by atoms with Crippen molar-refractivity contribution in [1.82, 2.24) is 5.32 Å². The summed E-state index contributed by atoms with van der Waals surface area (Å²) in [7, 11) is 2.18. The van der Waals surface area contributed by atoms with E-state index < -0.39 is 0 Å². The molecule has 4 rings (SSSR count). The van der Waals surface area contributed by atoms with Gasteiger partial charge in [-0.2, -0.15) is 0 Å². The van der Waals surface area contributed by atoms with Gasteiger partial charge in [-0.25, -0.2) is 0 Å². The molecule has 2 unspecified atom stereocenters. The molecule has 0 spiro atoms. The van der Waals surface area contributed by atoms with Crippen molar-refractivity contribution in [3.63, 3.8) is 0 Å². The normalized spacial score (nSPS) is 51.0. The van der Waals surface area contributed by atoms with Crippen molar-refractivity contribution < 1.29 is 0 Å². The van der Waals surface area contributed by atoms with Crippen LogP contribution in [0.4, 0.5) is 0 Å². The standard InChI is InChI=1S/C15H27N/c1-14(2,3)15-7-10-5-11(8-15)13(16-4)12(6-10)9-15/h10-13,16H,5-9H2,1-4H3. The van der Waals surface area contributed by atoms with Crippen molar-refractivity contribution in [3.8, 4) is 0 Å². The second-order valence-electron chi connectivity index (χ2n) is 7.81. The van der Waals surface area contributed by atoms with Crippen molar-refractivity contribution in [3.05, 3.63) is 0 Å². The van der Waals surface area contributed by atoms with E-state index in [1.165, 1.54) is 32.1 Å². The Balaban J connectivity index is 1.92. The molecular formula is C15H27N. The van der Waals surface area contributed by atoms with Crippen LogP contribution >= 0.6 is 0 Å². The van der Waals surface area contributed by atoms with Crippen molar-refractivity contribution in [1.29, 1.82) is 0 Å². The molecule has 0 aromatic heterocycles. The molecule has 0 heterocycles. The molecule has 4 saturated carbocycles. The Hall–Kier alpha value is -0.0400. The molecule has 92 valence electrons. The Kier molecular flexibility index (Phi) is 2.25. The molecule has 1 N–H and O–H groups in total. The Bertz CT molecular complexity index is 272. The smallest absolute Gasteiger partial charge is 0.0121 e. The maximum absolute atomic E-state index is 3.62. The predicted octanol–water partition coefficient (Wildman–Crippen LogP) is 3.45. The zero-order valence-electron chi connectivity index (χ0n) is 11.3. The molecule has 1 nitrogen and oxygen atoms in total. The van der Waals surface area contributed by atoms with Crippen LogP contribution in [0.5, 0.6) is 0 Å². The summed E-state index contributed by atoms with van der Waals surface area (Å²) in [6.45, 7) is 7.44. The van der Waals surface area contributed by atoms with Gasteiger partial charge < -0.3 is 5.32 Å². The van der Waals surface area contributed by atoms with Gasteiger partial charge in [0.05, 0.1) is 0 Å². The fraction of sp³-hybridized carbons (Fsp3) is 1.00. The molecule has 4 fully saturated rings. The van der Waals surface area contributed by atoms with Crippen LogP contribution in [0.3, 0.4) is 0 Å². The third-order valence-corrected chi connectivity index (χ3v) is 6.20. The Morgan fingerprint density at radius 2 is 1.56 bits per heavy atom. The minimum absolute atomic E-state index is 0.515. The molecule has 2 atom stereocenters. The largest absolute Gasteiger partial charge is 0.316 e. The van der Waals surface area contributed by atoms with E-state index in [9.17, 15) is 0 Å². The van der Waals surface area contributed by atoms with Crippen LogP contribution in [-0.2, 0) is 0 Å². The first kappa shape index (κ1) is 11.1. The maximum Gasteiger partial charge on any atom is 0.0121 e. The van der Waals surface area contributed by atoms with E-state index in [0.29, 0.717) is 10.8 Å². The highest BCUT2D eigenvalue weighted by Crippen LogP contribution is 2.65. The summed E-state index contributed by atoms with van der Waals surface area (Å²) in [5.74, 6) is 3.02. The number of rotatable bonds is 1. The van der Waals surface area contributed by atoms with Crippen LogP contribution in [-0.4, -0.2) is 13.1 Å². The highest BCUT2D eigenvalue weighted by atomic mass is 14.9. The first-order chi connectivity index (χ1) is 7.45. The summed E-state index contributed by atoms with van der Waals surface area (Å²) >= 11 is 0. The molecular weight excluding hydrogens is 194 g/mol. The molecule has 0 amide bonds. The molecule has 0 aliphatic heterocycles. The zero-order valence-corrected chi connectivity index (χ0v) is 11.3. The van der Waals surface area contributed by atoms with Gasteiger partial charge in [0.1, 0.15) is 0 Å². The maximum atomic E-state index is 3.62. The summed E-state index contributed by atoms with van der Waals surface area (Å²) in [5, 5.41) is 3.62. The van der Waals surface area contributed by atoms with Crippen LogP contribution in [0, 0.1) is 28.6 Å². The summed E-state index contributed by atoms with van der Waals surface area (Å²) in [6.07, 6.45) is 7.55.